The van der Waals surface area contributed by atoms with Crippen LogP contribution in [-0.2, 0) is 0 Å². The molecule has 1 aromatic carbocycles. The number of benzene rings is 1. The molecule has 3 nitrogen and oxygen atoms in total. The Morgan fingerprint density at radius 2 is 2.24 bits per heavy atom. The minimum absolute atomic E-state index is 0.273. The van der Waals surface area contributed by atoms with Crippen LogP contribution in [0, 0.1) is 11.8 Å². The molecule has 17 heavy (non-hydrogen) atoms. The van der Waals surface area contributed by atoms with Crippen LogP contribution < -0.4 is 11.3 Å². The number of pyridine rings is 1. The Morgan fingerprint density at radius 1 is 1.41 bits per heavy atom. The zero-order chi connectivity index (χ0) is 11.8. The predicted molar refractivity (Wildman–Crippen MR) is 69.1 cm³/mol. The van der Waals surface area contributed by atoms with Gasteiger partial charge in [-0.15, -0.1) is 0 Å². The van der Waals surface area contributed by atoms with Crippen LogP contribution in [0.15, 0.2) is 36.5 Å². The third-order valence-electron chi connectivity index (χ3n) is 3.77. The predicted octanol–water partition coefficient (Wildman–Crippen LogP) is 2.40. The van der Waals surface area contributed by atoms with E-state index in [-0.39, 0.29) is 6.04 Å². The normalized spacial score (nSPS) is 24.8. The summed E-state index contributed by atoms with van der Waals surface area (Å²) in [5.41, 5.74) is 5.26. The molecular formula is C14H17N3. The molecule has 1 aromatic heterocycles. The fourth-order valence-electron chi connectivity index (χ4n) is 2.57. The van der Waals surface area contributed by atoms with Gasteiger partial charge in [-0.05, 0) is 42.0 Å². The lowest BCUT2D eigenvalue weighted by atomic mass is 10.00. The van der Waals surface area contributed by atoms with E-state index in [1.807, 2.05) is 12.3 Å². The molecule has 3 rings (SSSR count). The third-order valence-corrected chi connectivity index (χ3v) is 3.77. The average Bonchev–Trinajstić information content (AvgIpc) is 3.07. The molecule has 1 aliphatic carbocycles. The number of fused-ring (bicyclic) bond motifs is 1. The summed E-state index contributed by atoms with van der Waals surface area (Å²) in [6.45, 7) is 2.28. The second-order valence-electron chi connectivity index (χ2n) is 4.98. The van der Waals surface area contributed by atoms with Crippen molar-refractivity contribution in [2.75, 3.05) is 0 Å². The highest BCUT2D eigenvalue weighted by Crippen LogP contribution is 2.46. The number of hydrogen-bond donors (Lipinski definition) is 2. The van der Waals surface area contributed by atoms with Crippen molar-refractivity contribution in [1.82, 2.24) is 10.4 Å². The number of aromatic nitrogens is 1. The highest BCUT2D eigenvalue weighted by Gasteiger charge is 2.39. The molecule has 0 radical (unpaired) electrons. The van der Waals surface area contributed by atoms with E-state index in [2.05, 4.69) is 41.6 Å². The average molecular weight is 227 g/mol. The van der Waals surface area contributed by atoms with Crippen molar-refractivity contribution in [1.29, 1.82) is 0 Å². The van der Waals surface area contributed by atoms with Gasteiger partial charge in [-0.3, -0.25) is 16.3 Å². The third kappa shape index (κ3) is 1.92. The summed E-state index contributed by atoms with van der Waals surface area (Å²) in [7, 11) is 0. The summed E-state index contributed by atoms with van der Waals surface area (Å²) in [6.07, 6.45) is 3.09. The number of hydrogen-bond acceptors (Lipinski definition) is 3. The van der Waals surface area contributed by atoms with Crippen LogP contribution in [0.5, 0.6) is 0 Å². The molecule has 1 aliphatic rings. The molecule has 1 saturated carbocycles. The molecule has 0 spiro atoms. The first-order chi connectivity index (χ1) is 8.29. The van der Waals surface area contributed by atoms with Gasteiger partial charge in [0.15, 0.2) is 0 Å². The fourth-order valence-corrected chi connectivity index (χ4v) is 2.57. The first-order valence-electron chi connectivity index (χ1n) is 6.10. The molecule has 3 N–H and O–H groups in total. The Morgan fingerprint density at radius 3 is 2.94 bits per heavy atom. The van der Waals surface area contributed by atoms with Gasteiger partial charge in [0.2, 0.25) is 0 Å². The van der Waals surface area contributed by atoms with Crippen molar-refractivity contribution in [3.05, 3.63) is 42.1 Å². The van der Waals surface area contributed by atoms with Crippen LogP contribution in [0.4, 0.5) is 0 Å². The lowest BCUT2D eigenvalue weighted by Crippen LogP contribution is -2.29. The van der Waals surface area contributed by atoms with E-state index in [1.165, 1.54) is 17.4 Å². The van der Waals surface area contributed by atoms with Gasteiger partial charge in [0.1, 0.15) is 0 Å². The lowest BCUT2D eigenvalue weighted by molar-refractivity contribution is 0.476. The Kier molecular flexibility index (Phi) is 2.57. The maximum atomic E-state index is 5.69. The minimum atomic E-state index is 0.273. The summed E-state index contributed by atoms with van der Waals surface area (Å²) >= 11 is 0. The summed E-state index contributed by atoms with van der Waals surface area (Å²) < 4.78 is 0. The molecular weight excluding hydrogens is 210 g/mol. The summed E-state index contributed by atoms with van der Waals surface area (Å²) in [5.74, 6) is 7.14. The van der Waals surface area contributed by atoms with Crippen molar-refractivity contribution in [2.45, 2.75) is 19.4 Å². The van der Waals surface area contributed by atoms with Crippen molar-refractivity contribution in [2.24, 2.45) is 17.7 Å². The Balaban J connectivity index is 1.99. The van der Waals surface area contributed by atoms with Crippen LogP contribution in [0.2, 0.25) is 0 Å². The molecule has 3 atom stereocenters. The first kappa shape index (κ1) is 10.7. The van der Waals surface area contributed by atoms with Crippen molar-refractivity contribution < 1.29 is 0 Å². The Hall–Kier alpha value is -1.45. The molecule has 88 valence electrons. The van der Waals surface area contributed by atoms with E-state index in [1.54, 1.807) is 0 Å². The van der Waals surface area contributed by atoms with Gasteiger partial charge in [0, 0.05) is 17.6 Å². The van der Waals surface area contributed by atoms with Crippen molar-refractivity contribution in [3.8, 4) is 0 Å². The second-order valence-corrected chi connectivity index (χ2v) is 4.98. The second kappa shape index (κ2) is 4.09. The summed E-state index contributed by atoms with van der Waals surface area (Å²) in [5, 5.41) is 1.18. The van der Waals surface area contributed by atoms with Gasteiger partial charge in [0.25, 0.3) is 0 Å². The zero-order valence-corrected chi connectivity index (χ0v) is 9.93. The smallest absolute Gasteiger partial charge is 0.0702 e. The van der Waals surface area contributed by atoms with Gasteiger partial charge in [0.05, 0.1) is 5.52 Å². The highest BCUT2D eigenvalue weighted by atomic mass is 15.2. The lowest BCUT2D eigenvalue weighted by Gasteiger charge is -2.16. The first-order valence-corrected chi connectivity index (χ1v) is 6.10. The molecule has 0 saturated heterocycles. The van der Waals surface area contributed by atoms with Crippen LogP contribution >= 0.6 is 0 Å². The van der Waals surface area contributed by atoms with E-state index in [0.717, 1.165) is 11.4 Å². The van der Waals surface area contributed by atoms with Gasteiger partial charge < -0.3 is 0 Å². The summed E-state index contributed by atoms with van der Waals surface area (Å²) in [4.78, 5) is 4.33. The maximum Gasteiger partial charge on any atom is 0.0702 e. The largest absolute Gasteiger partial charge is 0.271 e. The topological polar surface area (TPSA) is 50.9 Å². The van der Waals surface area contributed by atoms with Gasteiger partial charge >= 0.3 is 0 Å². The van der Waals surface area contributed by atoms with Gasteiger partial charge in [-0.25, -0.2) is 0 Å². The SMILES string of the molecule is CC1CC1C(NN)c1ccc2ncccc2c1. The standard InChI is InChI=1S/C14H17N3/c1-9-7-12(9)14(17-15)11-4-5-13-10(8-11)3-2-6-16-13/h2-6,8-9,12,14,17H,7,15H2,1H3. The number of rotatable bonds is 3. The maximum absolute atomic E-state index is 5.69. The zero-order valence-electron chi connectivity index (χ0n) is 9.93. The van der Waals surface area contributed by atoms with Crippen LogP contribution in [0.25, 0.3) is 10.9 Å². The van der Waals surface area contributed by atoms with E-state index in [4.69, 9.17) is 5.84 Å². The quantitative estimate of drug-likeness (QED) is 0.625. The van der Waals surface area contributed by atoms with Crippen LogP contribution in [0.1, 0.15) is 24.9 Å². The number of nitrogens with zero attached hydrogens (tertiary/aromatic N) is 1. The highest BCUT2D eigenvalue weighted by molar-refractivity contribution is 5.79. The molecule has 0 amide bonds. The Bertz CT molecular complexity index is 538. The Labute approximate surface area is 101 Å². The van der Waals surface area contributed by atoms with Gasteiger partial charge in [-0.2, -0.15) is 0 Å². The minimum Gasteiger partial charge on any atom is -0.271 e. The van der Waals surface area contributed by atoms with E-state index in [9.17, 15) is 0 Å². The van der Waals surface area contributed by atoms with Crippen LogP contribution in [-0.4, -0.2) is 4.98 Å². The molecule has 1 fully saturated rings. The molecule has 0 bridgehead atoms. The molecule has 2 aromatic rings. The number of nitrogens with two attached hydrogens (primary N) is 1. The molecule has 1 heterocycles. The van der Waals surface area contributed by atoms with E-state index in [0.29, 0.717) is 5.92 Å². The van der Waals surface area contributed by atoms with E-state index < -0.39 is 0 Å². The fraction of sp³-hybridized carbons (Fsp3) is 0.357. The van der Waals surface area contributed by atoms with Crippen molar-refractivity contribution >= 4 is 10.9 Å². The van der Waals surface area contributed by atoms with E-state index >= 15 is 0 Å². The van der Waals surface area contributed by atoms with Crippen LogP contribution in [0.3, 0.4) is 0 Å². The number of nitrogens with one attached hydrogen (secondary N) is 1. The molecule has 3 heteroatoms. The molecule has 3 unspecified atom stereocenters. The molecule has 0 aliphatic heterocycles. The van der Waals surface area contributed by atoms with Gasteiger partial charge in [-0.1, -0.05) is 19.1 Å². The van der Waals surface area contributed by atoms with Crippen molar-refractivity contribution in [3.63, 3.8) is 0 Å². The monoisotopic (exact) mass is 227 g/mol. The number of hydrazine groups is 1. The summed E-state index contributed by atoms with van der Waals surface area (Å²) in [6, 6.07) is 10.7.